The first kappa shape index (κ1) is 12.6. The molecule has 6 heteroatoms. The van der Waals surface area contributed by atoms with Crippen molar-refractivity contribution in [3.05, 3.63) is 33.1 Å². The quantitative estimate of drug-likeness (QED) is 0.770. The molecule has 18 heavy (non-hydrogen) atoms. The molecule has 1 aliphatic rings. The van der Waals surface area contributed by atoms with Gasteiger partial charge in [0.25, 0.3) is 5.56 Å². The van der Waals surface area contributed by atoms with Crippen molar-refractivity contribution in [3.63, 3.8) is 0 Å². The van der Waals surface area contributed by atoms with Crippen LogP contribution in [0, 0.1) is 5.92 Å². The van der Waals surface area contributed by atoms with Gasteiger partial charge in [-0.05, 0) is 25.7 Å². The van der Waals surface area contributed by atoms with E-state index < -0.39 is 11.2 Å². The minimum atomic E-state index is -0.439. The van der Waals surface area contributed by atoms with Crippen LogP contribution in [0.15, 0.2) is 21.9 Å². The fourth-order valence-corrected chi connectivity index (χ4v) is 1.72. The lowest BCUT2D eigenvalue weighted by Gasteiger charge is -2.08. The summed E-state index contributed by atoms with van der Waals surface area (Å²) in [5.74, 6) is 0.295. The van der Waals surface area contributed by atoms with E-state index in [2.05, 4.69) is 5.32 Å². The molecule has 98 valence electrons. The van der Waals surface area contributed by atoms with Crippen molar-refractivity contribution in [1.82, 2.24) is 14.5 Å². The predicted octanol–water partition coefficient (Wildman–Crippen LogP) is -0.444. The summed E-state index contributed by atoms with van der Waals surface area (Å²) in [6, 6.07) is 1.30. The molecule has 0 atom stereocenters. The van der Waals surface area contributed by atoms with Gasteiger partial charge in [-0.1, -0.05) is 0 Å². The Morgan fingerprint density at radius 1 is 1.44 bits per heavy atom. The standard InChI is InChI=1S/C12H17N3O3/c1-2-14-6-5-11(17)15(12(14)18)8-10(16)13-7-9-3-4-9/h5-6,9H,2-4,7-8H2,1H3,(H,13,16). The van der Waals surface area contributed by atoms with Gasteiger partial charge < -0.3 is 9.88 Å². The van der Waals surface area contributed by atoms with E-state index in [0.29, 0.717) is 19.0 Å². The molecule has 1 aromatic heterocycles. The number of rotatable bonds is 5. The van der Waals surface area contributed by atoms with Crippen molar-refractivity contribution >= 4 is 5.91 Å². The second-order valence-electron chi connectivity index (χ2n) is 4.56. The Hall–Kier alpha value is -1.85. The predicted molar refractivity (Wildman–Crippen MR) is 66.4 cm³/mol. The third-order valence-electron chi connectivity index (χ3n) is 3.07. The fourth-order valence-electron chi connectivity index (χ4n) is 1.72. The Bertz CT molecular complexity index is 554. The van der Waals surface area contributed by atoms with Crippen LogP contribution in [-0.2, 0) is 17.9 Å². The summed E-state index contributed by atoms with van der Waals surface area (Å²) in [6.07, 6.45) is 3.74. The molecule has 6 nitrogen and oxygen atoms in total. The van der Waals surface area contributed by atoms with E-state index in [0.717, 1.165) is 17.4 Å². The summed E-state index contributed by atoms with van der Waals surface area (Å²) in [7, 11) is 0. The van der Waals surface area contributed by atoms with Crippen molar-refractivity contribution < 1.29 is 4.79 Å². The van der Waals surface area contributed by atoms with E-state index in [1.165, 1.54) is 16.8 Å². The van der Waals surface area contributed by atoms with Crippen LogP contribution in [0.4, 0.5) is 0 Å². The zero-order chi connectivity index (χ0) is 13.1. The number of aromatic nitrogens is 2. The summed E-state index contributed by atoms with van der Waals surface area (Å²) in [5.41, 5.74) is -0.877. The fraction of sp³-hybridized carbons (Fsp3) is 0.583. The number of carbonyl (C=O) groups excluding carboxylic acids is 1. The Labute approximate surface area is 104 Å². The maximum absolute atomic E-state index is 11.9. The Morgan fingerprint density at radius 3 is 2.78 bits per heavy atom. The van der Waals surface area contributed by atoms with Gasteiger partial charge in [0.15, 0.2) is 0 Å². The van der Waals surface area contributed by atoms with Gasteiger partial charge in [0.1, 0.15) is 6.54 Å². The van der Waals surface area contributed by atoms with Gasteiger partial charge in [0, 0.05) is 25.4 Å². The number of aryl methyl sites for hydroxylation is 1. The summed E-state index contributed by atoms with van der Waals surface area (Å²) < 4.78 is 2.36. The molecule has 1 fully saturated rings. The van der Waals surface area contributed by atoms with Gasteiger partial charge in [-0.15, -0.1) is 0 Å². The topological polar surface area (TPSA) is 73.1 Å². The van der Waals surface area contributed by atoms with Crippen LogP contribution in [0.2, 0.25) is 0 Å². The molecule has 2 rings (SSSR count). The molecule has 0 bridgehead atoms. The van der Waals surface area contributed by atoms with E-state index in [4.69, 9.17) is 0 Å². The molecule has 1 N–H and O–H groups in total. The molecule has 0 radical (unpaired) electrons. The molecular weight excluding hydrogens is 234 g/mol. The number of hydrogen-bond acceptors (Lipinski definition) is 3. The van der Waals surface area contributed by atoms with Crippen LogP contribution in [0.5, 0.6) is 0 Å². The molecule has 0 aliphatic heterocycles. The molecule has 0 aromatic carbocycles. The normalized spacial score (nSPS) is 14.5. The molecular formula is C12H17N3O3. The first-order valence-electron chi connectivity index (χ1n) is 6.18. The highest BCUT2D eigenvalue weighted by Crippen LogP contribution is 2.27. The lowest BCUT2D eigenvalue weighted by Crippen LogP contribution is -2.43. The number of amides is 1. The van der Waals surface area contributed by atoms with Crippen LogP contribution in [0.3, 0.4) is 0 Å². The monoisotopic (exact) mass is 251 g/mol. The smallest absolute Gasteiger partial charge is 0.331 e. The van der Waals surface area contributed by atoms with Crippen molar-refractivity contribution in [3.8, 4) is 0 Å². The van der Waals surface area contributed by atoms with Crippen LogP contribution in [0.1, 0.15) is 19.8 Å². The molecule has 0 saturated heterocycles. The summed E-state index contributed by atoms with van der Waals surface area (Å²) in [4.78, 5) is 35.0. The summed E-state index contributed by atoms with van der Waals surface area (Å²) in [5, 5.41) is 2.74. The zero-order valence-corrected chi connectivity index (χ0v) is 10.4. The molecule has 0 spiro atoms. The number of carbonyl (C=O) groups is 1. The molecule has 1 aromatic rings. The molecule has 1 heterocycles. The van der Waals surface area contributed by atoms with E-state index in [-0.39, 0.29) is 12.5 Å². The number of nitrogens with zero attached hydrogens (tertiary/aromatic N) is 2. The second-order valence-corrected chi connectivity index (χ2v) is 4.56. The number of hydrogen-bond donors (Lipinski definition) is 1. The van der Waals surface area contributed by atoms with Crippen molar-refractivity contribution in [2.45, 2.75) is 32.9 Å². The summed E-state index contributed by atoms with van der Waals surface area (Å²) >= 11 is 0. The summed E-state index contributed by atoms with van der Waals surface area (Å²) in [6.45, 7) is 2.72. The van der Waals surface area contributed by atoms with Gasteiger partial charge in [-0.2, -0.15) is 0 Å². The van der Waals surface area contributed by atoms with Gasteiger partial charge in [-0.3, -0.25) is 14.2 Å². The Kier molecular flexibility index (Phi) is 3.64. The van der Waals surface area contributed by atoms with E-state index in [1.54, 1.807) is 0 Å². The lowest BCUT2D eigenvalue weighted by molar-refractivity contribution is -0.121. The maximum Gasteiger partial charge on any atom is 0.331 e. The van der Waals surface area contributed by atoms with E-state index >= 15 is 0 Å². The minimum Gasteiger partial charge on any atom is -0.354 e. The molecule has 1 aliphatic carbocycles. The van der Waals surface area contributed by atoms with Crippen molar-refractivity contribution in [1.29, 1.82) is 0 Å². The van der Waals surface area contributed by atoms with Gasteiger partial charge in [0.05, 0.1) is 0 Å². The van der Waals surface area contributed by atoms with Crippen molar-refractivity contribution in [2.75, 3.05) is 6.54 Å². The molecule has 0 unspecified atom stereocenters. The molecule has 1 saturated carbocycles. The SMILES string of the molecule is CCn1ccc(=O)n(CC(=O)NCC2CC2)c1=O. The number of nitrogens with one attached hydrogen (secondary N) is 1. The lowest BCUT2D eigenvalue weighted by atomic mass is 10.4. The highest BCUT2D eigenvalue weighted by atomic mass is 16.2. The third kappa shape index (κ3) is 2.88. The third-order valence-corrected chi connectivity index (χ3v) is 3.07. The van der Waals surface area contributed by atoms with Crippen LogP contribution in [-0.4, -0.2) is 21.6 Å². The maximum atomic E-state index is 11.9. The largest absolute Gasteiger partial charge is 0.354 e. The van der Waals surface area contributed by atoms with Gasteiger partial charge in [0.2, 0.25) is 5.91 Å². The van der Waals surface area contributed by atoms with Gasteiger partial charge in [-0.25, -0.2) is 4.79 Å². The van der Waals surface area contributed by atoms with Gasteiger partial charge >= 0.3 is 5.69 Å². The zero-order valence-electron chi connectivity index (χ0n) is 10.4. The highest BCUT2D eigenvalue weighted by Gasteiger charge is 2.21. The average Bonchev–Trinajstić information content (AvgIpc) is 3.16. The second kappa shape index (κ2) is 5.20. The average molecular weight is 251 g/mol. The first-order chi connectivity index (χ1) is 8.61. The first-order valence-corrected chi connectivity index (χ1v) is 6.18. The molecule has 1 amide bonds. The van der Waals surface area contributed by atoms with Crippen LogP contribution < -0.4 is 16.6 Å². The van der Waals surface area contributed by atoms with E-state index in [9.17, 15) is 14.4 Å². The minimum absolute atomic E-state index is 0.203. The van der Waals surface area contributed by atoms with Crippen LogP contribution >= 0.6 is 0 Å². The van der Waals surface area contributed by atoms with Crippen LogP contribution in [0.25, 0.3) is 0 Å². The van der Waals surface area contributed by atoms with E-state index in [1.807, 2.05) is 6.92 Å². The van der Waals surface area contributed by atoms with Crippen molar-refractivity contribution in [2.24, 2.45) is 5.92 Å². The Balaban J connectivity index is 2.09. The Morgan fingerprint density at radius 2 is 2.17 bits per heavy atom. The highest BCUT2D eigenvalue weighted by molar-refractivity contribution is 5.75.